The second kappa shape index (κ2) is 8.21. The zero-order chi connectivity index (χ0) is 16.8. The standard InChI is InChI=1S/C18H21O4P/c1-13-8-7-9-14(2)17(13)18(19)23(20)22-15(3)21-12-16-10-5-4-6-11-16/h4-11,15,23H,12H2,1-3H3. The molecule has 0 saturated carbocycles. The zero-order valence-corrected chi connectivity index (χ0v) is 14.5. The fourth-order valence-electron chi connectivity index (χ4n) is 2.30. The summed E-state index contributed by atoms with van der Waals surface area (Å²) in [5.74, 6) is 0. The van der Waals surface area contributed by atoms with E-state index in [0.717, 1.165) is 16.7 Å². The normalized spacial score (nSPS) is 13.5. The number of carbonyl (C=O) groups is 1. The van der Waals surface area contributed by atoms with Gasteiger partial charge in [-0.2, -0.15) is 0 Å². The quantitative estimate of drug-likeness (QED) is 0.553. The molecule has 0 bridgehead atoms. The number of ether oxygens (including phenoxy) is 1. The van der Waals surface area contributed by atoms with E-state index in [4.69, 9.17) is 9.26 Å². The average molecular weight is 332 g/mol. The van der Waals surface area contributed by atoms with E-state index in [0.29, 0.717) is 12.2 Å². The molecule has 2 aromatic rings. The van der Waals surface area contributed by atoms with Crippen LogP contribution in [0.3, 0.4) is 0 Å². The number of benzene rings is 2. The summed E-state index contributed by atoms with van der Waals surface area (Å²) >= 11 is 0. The minimum Gasteiger partial charge on any atom is -0.348 e. The molecule has 0 N–H and O–H groups in total. The van der Waals surface area contributed by atoms with E-state index < -0.39 is 19.8 Å². The fourth-order valence-corrected chi connectivity index (χ4v) is 3.38. The maximum atomic E-state index is 12.3. The lowest BCUT2D eigenvalue weighted by Gasteiger charge is -2.14. The summed E-state index contributed by atoms with van der Waals surface area (Å²) in [5, 5.41) is 0. The SMILES string of the molecule is Cc1cccc(C)c1C(=O)[PH](=O)OC(C)OCc1ccccc1. The van der Waals surface area contributed by atoms with E-state index in [2.05, 4.69) is 0 Å². The Morgan fingerprint density at radius 1 is 1.04 bits per heavy atom. The van der Waals surface area contributed by atoms with Crippen LogP contribution in [0.5, 0.6) is 0 Å². The molecule has 122 valence electrons. The molecule has 23 heavy (non-hydrogen) atoms. The van der Waals surface area contributed by atoms with Crippen LogP contribution in [-0.4, -0.2) is 11.8 Å². The molecule has 0 aliphatic carbocycles. The van der Waals surface area contributed by atoms with Crippen LogP contribution in [0.25, 0.3) is 0 Å². The number of carbonyl (C=O) groups excluding carboxylic acids is 1. The first-order valence-electron chi connectivity index (χ1n) is 7.46. The Hall–Kier alpha value is -1.74. The lowest BCUT2D eigenvalue weighted by atomic mass is 10.0. The summed E-state index contributed by atoms with van der Waals surface area (Å²) in [7, 11) is -2.88. The molecule has 5 heteroatoms. The Morgan fingerprint density at radius 3 is 2.26 bits per heavy atom. The van der Waals surface area contributed by atoms with Gasteiger partial charge >= 0.3 is 0 Å². The first-order valence-corrected chi connectivity index (χ1v) is 8.77. The summed E-state index contributed by atoms with van der Waals surface area (Å²) in [4.78, 5) is 12.3. The average Bonchev–Trinajstić information content (AvgIpc) is 2.53. The van der Waals surface area contributed by atoms with Gasteiger partial charge in [-0.05, 0) is 37.5 Å². The van der Waals surface area contributed by atoms with Crippen LogP contribution >= 0.6 is 8.03 Å². The van der Waals surface area contributed by atoms with Gasteiger partial charge in [0.15, 0.2) is 6.29 Å². The van der Waals surface area contributed by atoms with Gasteiger partial charge in [0.1, 0.15) is 0 Å². The molecular formula is C18H21O4P. The van der Waals surface area contributed by atoms with Gasteiger partial charge in [-0.1, -0.05) is 48.5 Å². The van der Waals surface area contributed by atoms with Crippen molar-refractivity contribution < 1.29 is 18.6 Å². The fraction of sp³-hybridized carbons (Fsp3) is 0.278. The Morgan fingerprint density at radius 2 is 1.65 bits per heavy atom. The highest BCUT2D eigenvalue weighted by molar-refractivity contribution is 7.60. The van der Waals surface area contributed by atoms with E-state index >= 15 is 0 Å². The van der Waals surface area contributed by atoms with Crippen molar-refractivity contribution in [2.24, 2.45) is 0 Å². The van der Waals surface area contributed by atoms with Crippen LogP contribution in [-0.2, 0) is 20.4 Å². The van der Waals surface area contributed by atoms with Crippen LogP contribution in [0, 0.1) is 13.8 Å². The monoisotopic (exact) mass is 332 g/mol. The molecule has 2 aromatic carbocycles. The van der Waals surface area contributed by atoms with Gasteiger partial charge < -0.3 is 4.74 Å². The van der Waals surface area contributed by atoms with Crippen LogP contribution < -0.4 is 0 Å². The van der Waals surface area contributed by atoms with Crippen molar-refractivity contribution in [3.8, 4) is 0 Å². The maximum absolute atomic E-state index is 12.3. The molecule has 0 saturated heterocycles. The highest BCUT2D eigenvalue weighted by atomic mass is 31.1. The second-order valence-electron chi connectivity index (χ2n) is 5.37. The zero-order valence-electron chi connectivity index (χ0n) is 13.5. The molecule has 2 rings (SSSR count). The number of hydrogen-bond acceptors (Lipinski definition) is 4. The highest BCUT2D eigenvalue weighted by Crippen LogP contribution is 2.33. The summed E-state index contributed by atoms with van der Waals surface area (Å²) in [6.07, 6.45) is -0.713. The number of hydrogen-bond donors (Lipinski definition) is 0. The molecule has 0 amide bonds. The predicted molar refractivity (Wildman–Crippen MR) is 91.0 cm³/mol. The molecule has 2 atom stereocenters. The molecule has 0 fully saturated rings. The van der Waals surface area contributed by atoms with Crippen molar-refractivity contribution in [1.29, 1.82) is 0 Å². The van der Waals surface area contributed by atoms with Crippen LogP contribution in [0.1, 0.15) is 34.0 Å². The summed E-state index contributed by atoms with van der Waals surface area (Å²) in [6, 6.07) is 15.1. The van der Waals surface area contributed by atoms with Crippen LogP contribution in [0.15, 0.2) is 48.5 Å². The predicted octanol–water partition coefficient (Wildman–Crippen LogP) is 4.50. The van der Waals surface area contributed by atoms with Gasteiger partial charge in [0.25, 0.3) is 8.03 Å². The molecule has 0 spiro atoms. The van der Waals surface area contributed by atoms with Crippen molar-refractivity contribution in [2.45, 2.75) is 33.7 Å². The molecule has 0 aliphatic heterocycles. The van der Waals surface area contributed by atoms with Crippen molar-refractivity contribution in [3.63, 3.8) is 0 Å². The minimum absolute atomic E-state index is 0.342. The third-order valence-electron chi connectivity index (χ3n) is 3.49. The molecule has 2 unspecified atom stereocenters. The minimum atomic E-state index is -2.88. The topological polar surface area (TPSA) is 52.6 Å². The van der Waals surface area contributed by atoms with Gasteiger partial charge in [0.05, 0.1) is 6.61 Å². The second-order valence-corrected chi connectivity index (χ2v) is 6.63. The third-order valence-corrected chi connectivity index (χ3v) is 4.66. The number of aryl methyl sites for hydroxylation is 2. The first kappa shape index (κ1) is 17.6. The van der Waals surface area contributed by atoms with Gasteiger partial charge in [0.2, 0.25) is 5.52 Å². The van der Waals surface area contributed by atoms with E-state index in [1.807, 2.05) is 62.4 Å². The van der Waals surface area contributed by atoms with E-state index in [-0.39, 0.29) is 0 Å². The van der Waals surface area contributed by atoms with E-state index in [1.165, 1.54) is 0 Å². The van der Waals surface area contributed by atoms with E-state index in [9.17, 15) is 9.36 Å². The van der Waals surface area contributed by atoms with Gasteiger partial charge in [-0.3, -0.25) is 13.9 Å². The molecule has 0 aromatic heterocycles. The maximum Gasteiger partial charge on any atom is 0.262 e. The molecule has 0 heterocycles. The van der Waals surface area contributed by atoms with Crippen molar-refractivity contribution in [3.05, 3.63) is 70.8 Å². The van der Waals surface area contributed by atoms with Crippen molar-refractivity contribution in [1.82, 2.24) is 0 Å². The largest absolute Gasteiger partial charge is 0.348 e. The lowest BCUT2D eigenvalue weighted by Crippen LogP contribution is -2.11. The summed E-state index contributed by atoms with van der Waals surface area (Å²) in [6.45, 7) is 5.63. The smallest absolute Gasteiger partial charge is 0.262 e. The molecule has 0 radical (unpaired) electrons. The van der Waals surface area contributed by atoms with Crippen LogP contribution in [0.4, 0.5) is 0 Å². The summed E-state index contributed by atoms with van der Waals surface area (Å²) < 4.78 is 23.0. The van der Waals surface area contributed by atoms with Crippen LogP contribution in [0.2, 0.25) is 0 Å². The van der Waals surface area contributed by atoms with E-state index in [1.54, 1.807) is 6.92 Å². The Balaban J connectivity index is 1.94. The summed E-state index contributed by atoms with van der Waals surface area (Å²) in [5.41, 5.74) is 2.61. The molecule has 4 nitrogen and oxygen atoms in total. The number of rotatable bonds is 7. The Labute approximate surface area is 137 Å². The van der Waals surface area contributed by atoms with Crippen molar-refractivity contribution in [2.75, 3.05) is 0 Å². The van der Waals surface area contributed by atoms with Gasteiger partial charge in [-0.15, -0.1) is 0 Å². The molecular weight excluding hydrogens is 311 g/mol. The Bertz CT molecular complexity index is 677. The first-order chi connectivity index (χ1) is 11.0. The highest BCUT2D eigenvalue weighted by Gasteiger charge is 2.21. The van der Waals surface area contributed by atoms with Gasteiger partial charge in [0, 0.05) is 5.56 Å². The Kier molecular flexibility index (Phi) is 6.28. The van der Waals surface area contributed by atoms with Crippen molar-refractivity contribution >= 4 is 13.6 Å². The third kappa shape index (κ3) is 4.87. The molecule has 0 aliphatic rings. The van der Waals surface area contributed by atoms with Gasteiger partial charge in [-0.25, -0.2) is 0 Å². The lowest BCUT2D eigenvalue weighted by molar-refractivity contribution is -0.0711.